The smallest absolute Gasteiger partial charge is 0.255 e. The quantitative estimate of drug-likeness (QED) is 0.896. The summed E-state index contributed by atoms with van der Waals surface area (Å²) in [5.74, 6) is -1.11. The normalized spacial score (nSPS) is 23.1. The molecule has 0 radical (unpaired) electrons. The Bertz CT molecular complexity index is 467. The number of aromatic hydroxyl groups is 1. The molecule has 1 aromatic carbocycles. The molecule has 5 heteroatoms. The van der Waals surface area contributed by atoms with E-state index in [1.165, 1.54) is 12.5 Å². The number of carbonyl (C=O) groups is 1. The number of hydrogen-bond acceptors (Lipinski definition) is 3. The molecule has 0 saturated heterocycles. The maximum atomic E-state index is 13.1. The number of thioether (sulfide) groups is 1. The summed E-state index contributed by atoms with van der Waals surface area (Å²) in [6.45, 7) is 0. The van der Waals surface area contributed by atoms with Gasteiger partial charge in [0, 0.05) is 11.3 Å². The van der Waals surface area contributed by atoms with Crippen LogP contribution < -0.4 is 5.32 Å². The zero-order valence-electron chi connectivity index (χ0n) is 10.9. The number of carbonyl (C=O) groups excluding carboxylic acids is 1. The number of phenols is 1. The van der Waals surface area contributed by atoms with Gasteiger partial charge in [-0.25, -0.2) is 4.39 Å². The Balaban J connectivity index is 2.09. The summed E-state index contributed by atoms with van der Waals surface area (Å²) in [7, 11) is 0. The molecule has 2 atom stereocenters. The molecule has 0 aromatic heterocycles. The van der Waals surface area contributed by atoms with Crippen molar-refractivity contribution >= 4 is 17.7 Å². The van der Waals surface area contributed by atoms with Crippen LogP contribution >= 0.6 is 11.8 Å². The van der Waals surface area contributed by atoms with Crippen molar-refractivity contribution < 1.29 is 14.3 Å². The first kappa shape index (κ1) is 14.2. The first-order valence-electron chi connectivity index (χ1n) is 6.44. The molecule has 1 fully saturated rings. The average molecular weight is 283 g/mol. The Kier molecular flexibility index (Phi) is 4.69. The number of hydrogen-bond donors (Lipinski definition) is 2. The van der Waals surface area contributed by atoms with Gasteiger partial charge in [-0.1, -0.05) is 12.8 Å². The fourth-order valence-corrected chi connectivity index (χ4v) is 3.42. The lowest BCUT2D eigenvalue weighted by atomic mass is 9.94. The zero-order chi connectivity index (χ0) is 13.8. The first-order valence-corrected chi connectivity index (χ1v) is 7.73. The van der Waals surface area contributed by atoms with Gasteiger partial charge in [0.1, 0.15) is 11.6 Å². The highest BCUT2D eigenvalue weighted by atomic mass is 32.2. The van der Waals surface area contributed by atoms with Crippen molar-refractivity contribution in [3.8, 4) is 5.75 Å². The van der Waals surface area contributed by atoms with Crippen molar-refractivity contribution in [3.63, 3.8) is 0 Å². The van der Waals surface area contributed by atoms with Crippen molar-refractivity contribution in [2.75, 3.05) is 6.26 Å². The molecule has 2 unspecified atom stereocenters. The van der Waals surface area contributed by atoms with E-state index in [-0.39, 0.29) is 17.4 Å². The van der Waals surface area contributed by atoms with E-state index in [4.69, 9.17) is 0 Å². The summed E-state index contributed by atoms with van der Waals surface area (Å²) in [6.07, 6.45) is 6.34. The zero-order valence-corrected chi connectivity index (χ0v) is 11.7. The van der Waals surface area contributed by atoms with E-state index in [0.717, 1.165) is 31.4 Å². The summed E-state index contributed by atoms with van der Waals surface area (Å²) in [5, 5.41) is 12.9. The number of halogens is 1. The van der Waals surface area contributed by atoms with Crippen molar-refractivity contribution in [1.82, 2.24) is 5.32 Å². The molecule has 0 heterocycles. The second-order valence-corrected chi connectivity index (χ2v) is 5.88. The van der Waals surface area contributed by atoms with Crippen LogP contribution in [0.5, 0.6) is 5.75 Å². The SMILES string of the molecule is CSC1CCCCC1NC(=O)c1cc(F)ccc1O. The van der Waals surface area contributed by atoms with Crippen molar-refractivity contribution in [3.05, 3.63) is 29.6 Å². The van der Waals surface area contributed by atoms with Crippen molar-refractivity contribution in [2.24, 2.45) is 0 Å². The molecule has 2 N–H and O–H groups in total. The highest BCUT2D eigenvalue weighted by Gasteiger charge is 2.26. The molecule has 19 heavy (non-hydrogen) atoms. The summed E-state index contributed by atoms with van der Waals surface area (Å²) in [6, 6.07) is 3.51. The van der Waals surface area contributed by atoms with Gasteiger partial charge in [-0.3, -0.25) is 4.79 Å². The molecule has 0 aliphatic heterocycles. The molecule has 1 aliphatic rings. The third-order valence-electron chi connectivity index (χ3n) is 3.53. The minimum Gasteiger partial charge on any atom is -0.507 e. The van der Waals surface area contributed by atoms with Gasteiger partial charge < -0.3 is 10.4 Å². The molecule has 1 aliphatic carbocycles. The van der Waals surface area contributed by atoms with E-state index < -0.39 is 11.7 Å². The Hall–Kier alpha value is -1.23. The van der Waals surface area contributed by atoms with E-state index in [1.54, 1.807) is 11.8 Å². The van der Waals surface area contributed by atoms with Crippen LogP contribution in [0.25, 0.3) is 0 Å². The fourth-order valence-electron chi connectivity index (χ4n) is 2.48. The Morgan fingerprint density at radius 3 is 2.89 bits per heavy atom. The molecular weight excluding hydrogens is 265 g/mol. The average Bonchev–Trinajstić information content (AvgIpc) is 2.42. The summed E-state index contributed by atoms with van der Waals surface area (Å²) in [5.41, 5.74) is 0.00502. The molecule has 2 rings (SSSR count). The molecule has 3 nitrogen and oxygen atoms in total. The predicted octanol–water partition coefficient (Wildman–Crippen LogP) is 2.94. The van der Waals surface area contributed by atoms with Gasteiger partial charge in [-0.05, 0) is 37.3 Å². The highest BCUT2D eigenvalue weighted by Crippen LogP contribution is 2.28. The summed E-state index contributed by atoms with van der Waals surface area (Å²) < 4.78 is 13.1. The van der Waals surface area contributed by atoms with Crippen molar-refractivity contribution in [1.29, 1.82) is 0 Å². The minimum atomic E-state index is -0.520. The van der Waals surface area contributed by atoms with E-state index in [2.05, 4.69) is 5.32 Å². The van der Waals surface area contributed by atoms with Gasteiger partial charge in [0.2, 0.25) is 0 Å². The predicted molar refractivity (Wildman–Crippen MR) is 75.1 cm³/mol. The van der Waals surface area contributed by atoms with Crippen LogP contribution in [0.15, 0.2) is 18.2 Å². The molecule has 0 spiro atoms. The van der Waals surface area contributed by atoms with E-state index in [0.29, 0.717) is 5.25 Å². The van der Waals surface area contributed by atoms with Crippen LogP contribution in [0.3, 0.4) is 0 Å². The topological polar surface area (TPSA) is 49.3 Å². The molecule has 0 bridgehead atoms. The third-order valence-corrected chi connectivity index (χ3v) is 4.69. The molecule has 1 amide bonds. The molecule has 1 saturated carbocycles. The van der Waals surface area contributed by atoms with Gasteiger partial charge in [0.05, 0.1) is 5.56 Å². The Morgan fingerprint density at radius 1 is 1.42 bits per heavy atom. The first-order chi connectivity index (χ1) is 9.11. The highest BCUT2D eigenvalue weighted by molar-refractivity contribution is 7.99. The lowest BCUT2D eigenvalue weighted by molar-refractivity contribution is 0.0926. The largest absolute Gasteiger partial charge is 0.507 e. The van der Waals surface area contributed by atoms with Crippen molar-refractivity contribution in [2.45, 2.75) is 37.0 Å². The van der Waals surface area contributed by atoms with Gasteiger partial charge in [-0.15, -0.1) is 0 Å². The van der Waals surface area contributed by atoms with E-state index in [9.17, 15) is 14.3 Å². The van der Waals surface area contributed by atoms with Crippen LogP contribution in [0, 0.1) is 5.82 Å². The van der Waals surface area contributed by atoms with Crippen LogP contribution in [0.2, 0.25) is 0 Å². The molecule has 104 valence electrons. The maximum Gasteiger partial charge on any atom is 0.255 e. The van der Waals surface area contributed by atoms with Gasteiger partial charge in [0.25, 0.3) is 5.91 Å². The standard InChI is InChI=1S/C14H18FNO2S/c1-19-13-5-3-2-4-11(13)16-14(18)10-8-9(15)6-7-12(10)17/h6-8,11,13,17H,2-5H2,1H3,(H,16,18). The Labute approximate surface area is 116 Å². The third kappa shape index (κ3) is 3.41. The van der Waals surface area contributed by atoms with Gasteiger partial charge in [-0.2, -0.15) is 11.8 Å². The maximum absolute atomic E-state index is 13.1. The number of benzene rings is 1. The molecule has 1 aromatic rings. The second-order valence-electron chi connectivity index (χ2n) is 4.80. The van der Waals surface area contributed by atoms with Crippen LogP contribution in [-0.2, 0) is 0 Å². The number of nitrogens with one attached hydrogen (secondary N) is 1. The van der Waals surface area contributed by atoms with Crippen LogP contribution in [-0.4, -0.2) is 28.6 Å². The Morgan fingerprint density at radius 2 is 2.16 bits per heavy atom. The second kappa shape index (κ2) is 6.28. The monoisotopic (exact) mass is 283 g/mol. The number of phenolic OH excluding ortho intramolecular Hbond substituents is 1. The number of amides is 1. The number of rotatable bonds is 3. The van der Waals surface area contributed by atoms with Crippen LogP contribution in [0.1, 0.15) is 36.0 Å². The van der Waals surface area contributed by atoms with Gasteiger partial charge >= 0.3 is 0 Å². The minimum absolute atomic E-state index is 0.00502. The lowest BCUT2D eigenvalue weighted by Gasteiger charge is -2.31. The fraction of sp³-hybridized carbons (Fsp3) is 0.500. The summed E-state index contributed by atoms with van der Waals surface area (Å²) in [4.78, 5) is 12.1. The van der Waals surface area contributed by atoms with E-state index >= 15 is 0 Å². The van der Waals surface area contributed by atoms with E-state index in [1.807, 2.05) is 6.26 Å². The van der Waals surface area contributed by atoms with Gasteiger partial charge in [0.15, 0.2) is 0 Å². The lowest BCUT2D eigenvalue weighted by Crippen LogP contribution is -2.43. The molecular formula is C14H18FNO2S. The summed E-state index contributed by atoms with van der Waals surface area (Å²) >= 11 is 1.75. The van der Waals surface area contributed by atoms with Crippen LogP contribution in [0.4, 0.5) is 4.39 Å².